The summed E-state index contributed by atoms with van der Waals surface area (Å²) in [5.41, 5.74) is 7.70. The van der Waals surface area contributed by atoms with E-state index in [1.54, 1.807) is 90.1 Å². The summed E-state index contributed by atoms with van der Waals surface area (Å²) in [7, 11) is -16.3. The highest BCUT2D eigenvalue weighted by molar-refractivity contribution is 7.89. The summed E-state index contributed by atoms with van der Waals surface area (Å²) in [5.74, 6) is 0. The van der Waals surface area contributed by atoms with E-state index in [0.29, 0.717) is 55.6 Å². The molecule has 0 amide bonds. The topological polar surface area (TPSA) is 146 Å². The fourth-order valence-electron chi connectivity index (χ4n) is 8.26. The second-order valence-electron chi connectivity index (χ2n) is 14.7. The summed E-state index contributed by atoms with van der Waals surface area (Å²) >= 11 is 0. The molecule has 0 N–H and O–H groups in total. The molecule has 2 aliphatic heterocycles. The van der Waals surface area contributed by atoms with Crippen molar-refractivity contribution in [3.63, 3.8) is 0 Å². The van der Waals surface area contributed by atoms with Crippen molar-refractivity contribution in [1.82, 2.24) is 8.61 Å². The summed E-state index contributed by atoms with van der Waals surface area (Å²) < 4.78 is 114. The molecular formula is C42H54N2O10P2S2. The molecule has 0 saturated heterocycles. The molecular weight excluding hydrogens is 819 g/mol. The van der Waals surface area contributed by atoms with E-state index in [0.717, 1.165) is 11.1 Å². The Bertz CT molecular complexity index is 2380. The van der Waals surface area contributed by atoms with Gasteiger partial charge in [-0.1, -0.05) is 35.4 Å². The van der Waals surface area contributed by atoms with Gasteiger partial charge in [0, 0.05) is 37.3 Å². The van der Waals surface area contributed by atoms with E-state index in [2.05, 4.69) is 0 Å². The van der Waals surface area contributed by atoms with Gasteiger partial charge in [-0.2, -0.15) is 8.61 Å². The van der Waals surface area contributed by atoms with Crippen LogP contribution in [0.15, 0.2) is 58.3 Å². The molecule has 0 atom stereocenters. The zero-order valence-electron chi connectivity index (χ0n) is 35.0. The molecule has 6 rings (SSSR count). The fourth-order valence-corrected chi connectivity index (χ4v) is 15.2. The van der Waals surface area contributed by atoms with E-state index in [9.17, 15) is 16.8 Å². The van der Waals surface area contributed by atoms with Crippen LogP contribution in [0.25, 0.3) is 11.1 Å². The van der Waals surface area contributed by atoms with Gasteiger partial charge in [-0.05, 0) is 138 Å². The van der Waals surface area contributed by atoms with Crippen molar-refractivity contribution in [3.8, 4) is 11.1 Å². The number of fused-ring (bicyclic) bond motifs is 2. The van der Waals surface area contributed by atoms with Gasteiger partial charge in [0.1, 0.15) is 0 Å². The Morgan fingerprint density at radius 3 is 0.983 bits per heavy atom. The first kappa shape index (κ1) is 44.5. The molecule has 16 heteroatoms. The second kappa shape index (κ2) is 16.8. The van der Waals surface area contributed by atoms with E-state index in [1.807, 2.05) is 27.7 Å². The Hall–Kier alpha value is -3.00. The van der Waals surface area contributed by atoms with Gasteiger partial charge >= 0.3 is 15.2 Å². The lowest BCUT2D eigenvalue weighted by Crippen LogP contribution is -2.27. The average Bonchev–Trinajstić information content (AvgIpc) is 3.84. The van der Waals surface area contributed by atoms with Crippen LogP contribution in [-0.4, -0.2) is 51.9 Å². The number of rotatable bonds is 15. The number of benzene rings is 4. The summed E-state index contributed by atoms with van der Waals surface area (Å²) in [4.78, 5) is 0.311. The maximum Gasteiger partial charge on any atom is 0.362 e. The molecule has 2 heterocycles. The fraction of sp³-hybridized carbons (Fsp3) is 0.429. The van der Waals surface area contributed by atoms with Crippen LogP contribution in [-0.2, 0) is 73.5 Å². The van der Waals surface area contributed by atoms with Gasteiger partial charge in [-0.25, -0.2) is 16.8 Å². The lowest BCUT2D eigenvalue weighted by Gasteiger charge is -2.31. The van der Waals surface area contributed by atoms with Crippen LogP contribution in [0.5, 0.6) is 0 Å². The van der Waals surface area contributed by atoms with Crippen LogP contribution in [0.4, 0.5) is 0 Å². The number of aryl methyl sites for hydroxylation is 2. The van der Waals surface area contributed by atoms with Crippen LogP contribution in [0.1, 0.15) is 83.3 Å². The van der Waals surface area contributed by atoms with Crippen molar-refractivity contribution in [2.24, 2.45) is 0 Å². The van der Waals surface area contributed by atoms with Crippen molar-refractivity contribution in [1.29, 1.82) is 0 Å². The minimum absolute atomic E-state index is 0.0149. The molecule has 4 aromatic rings. The smallest absolute Gasteiger partial charge is 0.305 e. The molecule has 12 nitrogen and oxygen atoms in total. The molecule has 0 aromatic heterocycles. The lowest BCUT2D eigenvalue weighted by molar-refractivity contribution is 0.228. The van der Waals surface area contributed by atoms with Crippen LogP contribution in [0.2, 0.25) is 0 Å². The van der Waals surface area contributed by atoms with Gasteiger partial charge in [-0.3, -0.25) is 9.13 Å². The highest BCUT2D eigenvalue weighted by Crippen LogP contribution is 2.57. The summed E-state index contributed by atoms with van der Waals surface area (Å²) in [6.45, 7) is 18.1. The average molecular weight is 873 g/mol. The summed E-state index contributed by atoms with van der Waals surface area (Å²) in [6, 6.07) is 13.4. The molecule has 58 heavy (non-hydrogen) atoms. The van der Waals surface area contributed by atoms with Gasteiger partial charge in [-0.15, -0.1) is 0 Å². The van der Waals surface area contributed by atoms with Crippen LogP contribution in [0.3, 0.4) is 0 Å². The van der Waals surface area contributed by atoms with Crippen LogP contribution < -0.4 is 10.6 Å². The minimum atomic E-state index is -4.18. The van der Waals surface area contributed by atoms with E-state index in [-0.39, 0.29) is 73.0 Å². The first-order valence-electron chi connectivity index (χ1n) is 19.5. The summed E-state index contributed by atoms with van der Waals surface area (Å²) in [5, 5.41) is 0.458. The Kier molecular flexibility index (Phi) is 12.9. The normalized spacial score (nSPS) is 15.3. The Labute approximate surface area is 344 Å². The molecule has 0 bridgehead atoms. The van der Waals surface area contributed by atoms with Crippen molar-refractivity contribution in [2.75, 3.05) is 26.4 Å². The third kappa shape index (κ3) is 7.64. The number of sulfonamides is 2. The van der Waals surface area contributed by atoms with Gasteiger partial charge in [0.05, 0.1) is 46.8 Å². The number of hydrogen-bond donors (Lipinski definition) is 0. The monoisotopic (exact) mass is 872 g/mol. The molecule has 0 saturated carbocycles. The van der Waals surface area contributed by atoms with E-state index < -0.39 is 35.2 Å². The van der Waals surface area contributed by atoms with Gasteiger partial charge in [0.2, 0.25) is 20.0 Å². The van der Waals surface area contributed by atoms with E-state index in [1.165, 1.54) is 8.61 Å². The molecule has 314 valence electrons. The van der Waals surface area contributed by atoms with Crippen molar-refractivity contribution < 1.29 is 44.1 Å². The zero-order valence-corrected chi connectivity index (χ0v) is 38.4. The van der Waals surface area contributed by atoms with Crippen LogP contribution in [0, 0.1) is 41.5 Å². The van der Waals surface area contributed by atoms with Crippen molar-refractivity contribution >= 4 is 45.8 Å². The van der Waals surface area contributed by atoms with Gasteiger partial charge in [0.15, 0.2) is 0 Å². The lowest BCUT2D eigenvalue weighted by atomic mass is 9.85. The Morgan fingerprint density at radius 1 is 0.466 bits per heavy atom. The van der Waals surface area contributed by atoms with Crippen LogP contribution >= 0.6 is 15.2 Å². The molecule has 0 fully saturated rings. The highest BCUT2D eigenvalue weighted by Gasteiger charge is 2.45. The largest absolute Gasteiger partial charge is 0.362 e. The quantitative estimate of drug-likeness (QED) is 0.107. The van der Waals surface area contributed by atoms with Crippen molar-refractivity contribution in [2.45, 2.75) is 105 Å². The van der Waals surface area contributed by atoms with E-state index >= 15 is 9.13 Å². The maximum absolute atomic E-state index is 15.3. The number of nitrogens with zero attached hydrogens (tertiary/aromatic N) is 2. The molecule has 2 aliphatic rings. The van der Waals surface area contributed by atoms with Gasteiger partial charge in [0.25, 0.3) is 0 Å². The third-order valence-electron chi connectivity index (χ3n) is 11.1. The second-order valence-corrected chi connectivity index (χ2v) is 22.5. The predicted molar refractivity (Wildman–Crippen MR) is 227 cm³/mol. The van der Waals surface area contributed by atoms with Crippen molar-refractivity contribution in [3.05, 3.63) is 104 Å². The SMILES string of the molecule is CCOP(=O)(OCC)c1c(C)c2c(c(C)c1-c1c(C)c3c(c(C)c1P(=O)(OCC)OCC)CN(S(=O)(=O)c1ccc(C)cc1)C3)CN(S(=O)(=O)c1ccc(C)cc1)C2. The Balaban J connectivity index is 1.69. The summed E-state index contributed by atoms with van der Waals surface area (Å²) in [6.07, 6.45) is 0. The molecule has 0 aliphatic carbocycles. The molecule has 0 unspecified atom stereocenters. The third-order valence-corrected chi connectivity index (χ3v) is 19.3. The molecule has 0 radical (unpaired) electrons. The number of hydrogen-bond acceptors (Lipinski definition) is 10. The van der Waals surface area contributed by atoms with E-state index in [4.69, 9.17) is 18.1 Å². The predicted octanol–water partition coefficient (Wildman–Crippen LogP) is 8.40. The Morgan fingerprint density at radius 2 is 0.724 bits per heavy atom. The molecule has 0 spiro atoms. The maximum atomic E-state index is 15.3. The van der Waals surface area contributed by atoms with Gasteiger partial charge < -0.3 is 18.1 Å². The minimum Gasteiger partial charge on any atom is -0.305 e. The standard InChI is InChI=1S/C42H54N2O10P2S2/c1-11-51-55(45,52-12-2)41-31(9)37-25-43(57(47,48)33-19-15-27(5)16-20-33)23-35(37)29(7)39(41)40-30(8)36-24-44(58(49,50)34-21-17-28(6)18-22-34)26-38(36)32(10)42(40)56(46,53-13-3)54-14-4/h15-22H,11-14,23-26H2,1-10H3. The first-order chi connectivity index (χ1) is 27.3. The molecule has 4 aromatic carbocycles. The first-order valence-corrected chi connectivity index (χ1v) is 25.5. The zero-order chi connectivity index (χ0) is 42.5. The highest BCUT2D eigenvalue weighted by atomic mass is 32.2.